The number of rotatable bonds is 10. The average molecular weight is 597 g/mol. The van der Waals surface area contributed by atoms with E-state index >= 15 is 0 Å². The molecule has 1 aliphatic rings. The number of carboxylic acid groups (broad SMARTS) is 1. The Kier molecular flexibility index (Phi) is 9.14. The van der Waals surface area contributed by atoms with Gasteiger partial charge in [0.15, 0.2) is 0 Å². The Hall–Kier alpha value is -2.25. The van der Waals surface area contributed by atoms with Gasteiger partial charge in [0.05, 0.1) is 21.9 Å². The Morgan fingerprint density at radius 3 is 2.37 bits per heavy atom. The maximum atomic E-state index is 14.8. The lowest BCUT2D eigenvalue weighted by Crippen LogP contribution is -2.41. The van der Waals surface area contributed by atoms with Gasteiger partial charge < -0.3 is 5.11 Å². The Labute approximate surface area is 228 Å². The number of carboxylic acids is 1. The number of halogens is 5. The van der Waals surface area contributed by atoms with Crippen molar-refractivity contribution in [3.8, 4) is 5.69 Å². The van der Waals surface area contributed by atoms with Crippen molar-refractivity contribution in [2.75, 3.05) is 5.75 Å². The van der Waals surface area contributed by atoms with E-state index in [4.69, 9.17) is 11.6 Å². The number of hydrogen-bond donors (Lipinski definition) is 1. The van der Waals surface area contributed by atoms with Crippen molar-refractivity contribution in [1.82, 2.24) is 9.13 Å². The van der Waals surface area contributed by atoms with Gasteiger partial charge >= 0.3 is 17.8 Å². The second-order valence-corrected chi connectivity index (χ2v) is 12.0. The molecule has 1 saturated carbocycles. The van der Waals surface area contributed by atoms with Gasteiger partial charge in [-0.05, 0) is 43.7 Å². The van der Waals surface area contributed by atoms with Gasteiger partial charge in [-0.1, -0.05) is 36.7 Å². The number of benzene rings is 1. The van der Waals surface area contributed by atoms with Crippen LogP contribution in [-0.2, 0) is 22.8 Å². The zero-order valence-corrected chi connectivity index (χ0v) is 23.0. The molecule has 1 aromatic carbocycles. The fourth-order valence-electron chi connectivity index (χ4n) is 4.20. The minimum atomic E-state index is -4.97. The fourth-order valence-corrected chi connectivity index (χ4v) is 6.82. The first-order valence-corrected chi connectivity index (χ1v) is 13.8. The third-order valence-electron chi connectivity index (χ3n) is 6.50. The normalized spacial score (nSPS) is 16.2. The summed E-state index contributed by atoms with van der Waals surface area (Å²) in [6.45, 7) is 3.47. The van der Waals surface area contributed by atoms with Crippen molar-refractivity contribution in [3.05, 3.63) is 55.6 Å². The van der Waals surface area contributed by atoms with Crippen molar-refractivity contribution in [3.63, 3.8) is 0 Å². The zero-order valence-electron chi connectivity index (χ0n) is 20.6. The van der Waals surface area contributed by atoms with E-state index in [-0.39, 0.29) is 30.2 Å². The van der Waals surface area contributed by atoms with Gasteiger partial charge in [-0.25, -0.2) is 13.8 Å². The number of thioether (sulfide) groups is 2. The summed E-state index contributed by atoms with van der Waals surface area (Å²) in [5.74, 6) is -2.19. The minimum absolute atomic E-state index is 0.120. The first-order valence-electron chi connectivity index (χ1n) is 11.6. The van der Waals surface area contributed by atoms with Crippen LogP contribution in [0, 0.1) is 17.2 Å². The standard InChI is InChI=1S/C24H25ClF4N2O5S2/c1-4-5-13(20(33)34)23(6-7-23)11-37-21(35)12(2)38-17-9-16(15(26)8-14(17)25)31-19(32)10-18(24(27,28)29)30(3)22(31)36/h8-10,12-13H,4-7,11H2,1-3H3,(H,33,34). The molecule has 3 rings (SSSR count). The van der Waals surface area contributed by atoms with Crippen molar-refractivity contribution in [2.45, 2.75) is 55.9 Å². The highest BCUT2D eigenvalue weighted by Gasteiger charge is 2.52. The van der Waals surface area contributed by atoms with Crippen molar-refractivity contribution in [2.24, 2.45) is 18.4 Å². The second-order valence-electron chi connectivity index (χ2n) is 9.19. The Balaban J connectivity index is 1.84. The monoisotopic (exact) mass is 596 g/mol. The van der Waals surface area contributed by atoms with E-state index in [0.717, 1.165) is 55.5 Å². The Morgan fingerprint density at radius 1 is 1.21 bits per heavy atom. The number of nitrogens with zero attached hydrogens (tertiary/aromatic N) is 2. The molecule has 1 heterocycles. The molecule has 208 valence electrons. The van der Waals surface area contributed by atoms with Crippen molar-refractivity contribution < 1.29 is 32.3 Å². The molecule has 2 unspecified atom stereocenters. The predicted molar refractivity (Wildman–Crippen MR) is 138 cm³/mol. The number of alkyl halides is 3. The zero-order chi connectivity index (χ0) is 28.6. The largest absolute Gasteiger partial charge is 0.481 e. The molecule has 1 aliphatic carbocycles. The minimum Gasteiger partial charge on any atom is -0.481 e. The van der Waals surface area contributed by atoms with E-state index in [1.54, 1.807) is 6.92 Å². The lowest BCUT2D eigenvalue weighted by molar-refractivity contribution is -0.145. The molecule has 0 saturated heterocycles. The van der Waals surface area contributed by atoms with E-state index in [2.05, 4.69) is 0 Å². The van der Waals surface area contributed by atoms with E-state index in [1.165, 1.54) is 0 Å². The Morgan fingerprint density at radius 2 is 1.84 bits per heavy atom. The molecule has 1 aromatic heterocycles. The molecule has 7 nitrogen and oxygen atoms in total. The van der Waals surface area contributed by atoms with E-state index in [0.29, 0.717) is 18.6 Å². The summed E-state index contributed by atoms with van der Waals surface area (Å²) < 4.78 is 54.7. The summed E-state index contributed by atoms with van der Waals surface area (Å²) in [5.41, 5.74) is -5.31. The summed E-state index contributed by atoms with van der Waals surface area (Å²) in [6.07, 6.45) is -2.31. The van der Waals surface area contributed by atoms with Gasteiger partial charge in [0, 0.05) is 23.8 Å². The van der Waals surface area contributed by atoms with Crippen molar-refractivity contribution >= 4 is 46.2 Å². The highest BCUT2D eigenvalue weighted by molar-refractivity contribution is 8.16. The quantitative estimate of drug-likeness (QED) is 0.291. The van der Waals surface area contributed by atoms with E-state index in [1.807, 2.05) is 6.92 Å². The topological polar surface area (TPSA) is 98.4 Å². The molecule has 2 aromatic rings. The van der Waals surface area contributed by atoms with Gasteiger partial charge in [-0.3, -0.25) is 19.0 Å². The maximum absolute atomic E-state index is 14.8. The van der Waals surface area contributed by atoms with Crippen LogP contribution in [0.3, 0.4) is 0 Å². The molecule has 0 bridgehead atoms. The lowest BCUT2D eigenvalue weighted by Gasteiger charge is -2.23. The molecule has 0 aliphatic heterocycles. The fraction of sp³-hybridized carbons (Fsp3) is 0.500. The SMILES string of the molecule is CCCC(C(=O)O)C1(CSC(=O)C(C)Sc2cc(-n3c(=O)cc(C(F)(F)F)n(C)c3=O)c(F)cc2Cl)CC1. The number of carbonyl (C=O) groups excluding carboxylic acids is 1. The summed E-state index contributed by atoms with van der Waals surface area (Å²) in [7, 11) is 0.810. The van der Waals surface area contributed by atoms with Gasteiger partial charge in [-0.2, -0.15) is 13.2 Å². The second kappa shape index (κ2) is 11.5. The first-order chi connectivity index (χ1) is 17.6. The first kappa shape index (κ1) is 30.3. The summed E-state index contributed by atoms with van der Waals surface area (Å²) in [6, 6.07) is 2.05. The molecule has 1 fully saturated rings. The third-order valence-corrected chi connectivity index (χ3v) is 9.59. The van der Waals surface area contributed by atoms with Crippen LogP contribution in [0.2, 0.25) is 5.02 Å². The highest BCUT2D eigenvalue weighted by Crippen LogP contribution is 2.56. The van der Waals surface area contributed by atoms with Crippen LogP contribution in [-0.4, -0.2) is 36.3 Å². The average Bonchev–Trinajstić information content (AvgIpc) is 3.60. The molecular formula is C24H25ClF4N2O5S2. The van der Waals surface area contributed by atoms with E-state index in [9.17, 15) is 41.8 Å². The highest BCUT2D eigenvalue weighted by atomic mass is 35.5. The molecule has 14 heteroatoms. The summed E-state index contributed by atoms with van der Waals surface area (Å²) >= 11 is 8.08. The van der Waals surface area contributed by atoms with Crippen LogP contribution in [0.25, 0.3) is 5.69 Å². The smallest absolute Gasteiger partial charge is 0.431 e. The summed E-state index contributed by atoms with van der Waals surface area (Å²) in [5, 5.41) is 8.47. The molecule has 0 radical (unpaired) electrons. The van der Waals surface area contributed by atoms with Crippen LogP contribution in [0.15, 0.2) is 32.7 Å². The molecular weight excluding hydrogens is 572 g/mol. The molecule has 2 atom stereocenters. The van der Waals surface area contributed by atoms with Gasteiger partial charge in [0.25, 0.3) is 5.56 Å². The Bertz CT molecular complexity index is 1370. The number of carbonyl (C=O) groups is 2. The van der Waals surface area contributed by atoms with E-state index < -0.39 is 57.2 Å². The van der Waals surface area contributed by atoms with Crippen molar-refractivity contribution in [1.29, 1.82) is 0 Å². The van der Waals surface area contributed by atoms with Gasteiger partial charge in [-0.15, -0.1) is 11.8 Å². The molecule has 1 N–H and O–H groups in total. The number of hydrogen-bond acceptors (Lipinski definition) is 6. The molecule has 38 heavy (non-hydrogen) atoms. The van der Waals surface area contributed by atoms with Crippen LogP contribution in [0.1, 0.15) is 45.2 Å². The third kappa shape index (κ3) is 6.31. The van der Waals surface area contributed by atoms with Crippen LogP contribution in [0.5, 0.6) is 0 Å². The predicted octanol–water partition coefficient (Wildman–Crippen LogP) is 5.37. The van der Waals surface area contributed by atoms with Crippen LogP contribution < -0.4 is 11.2 Å². The number of aromatic nitrogens is 2. The molecule has 0 spiro atoms. The van der Waals surface area contributed by atoms with Gasteiger partial charge in [0.2, 0.25) is 5.12 Å². The maximum Gasteiger partial charge on any atom is 0.431 e. The van der Waals surface area contributed by atoms with Crippen LogP contribution in [0.4, 0.5) is 17.6 Å². The molecule has 0 amide bonds. The van der Waals surface area contributed by atoms with Gasteiger partial charge in [0.1, 0.15) is 11.5 Å². The van der Waals surface area contributed by atoms with Crippen LogP contribution >= 0.6 is 35.1 Å². The summed E-state index contributed by atoms with van der Waals surface area (Å²) in [4.78, 5) is 49.7. The lowest BCUT2D eigenvalue weighted by atomic mass is 9.87. The number of aliphatic carboxylic acids is 1.